The highest BCUT2D eigenvalue weighted by molar-refractivity contribution is 5.97. The van der Waals surface area contributed by atoms with Crippen LogP contribution in [0.15, 0.2) is 88.0 Å². The van der Waals surface area contributed by atoms with Gasteiger partial charge < -0.3 is 8.83 Å². The molecule has 6 aromatic rings. The number of pyridine rings is 1. The minimum absolute atomic E-state index is 0.00962. The minimum atomic E-state index is 0.00962. The molecule has 0 aliphatic rings. The van der Waals surface area contributed by atoms with Crippen LogP contribution in [0.4, 0.5) is 0 Å². The van der Waals surface area contributed by atoms with Crippen LogP contribution in [0.25, 0.3) is 55.3 Å². The fraction of sp³-hybridized carbons (Fsp3) is 0.167. The average Bonchev–Trinajstić information content (AvgIpc) is 3.41. The van der Waals surface area contributed by atoms with E-state index in [4.69, 9.17) is 13.8 Å². The molecule has 33 heavy (non-hydrogen) atoms. The fourth-order valence-electron chi connectivity index (χ4n) is 4.69. The number of benzene rings is 3. The molecular formula is C30H25NO2. The largest absolute Gasteiger partial charge is 0.464 e. The van der Waals surface area contributed by atoms with Gasteiger partial charge in [0.1, 0.15) is 17.0 Å². The Morgan fingerprint density at radius 3 is 2.48 bits per heavy atom. The molecule has 0 amide bonds. The Balaban J connectivity index is 1.56. The molecule has 3 heteroatoms. The van der Waals surface area contributed by atoms with Gasteiger partial charge in [-0.2, -0.15) is 0 Å². The molecule has 162 valence electrons. The standard InChI is InChI=1S/C30H25NO2/c1-18-17-32-26-10-9-20(14-24(18)26)27-16-21-11-12-31-28(29(21)33-27)22-13-19-7-5-6-8-23(19)25(15-22)30(2,3)4/h5-17H,1-4H3. The van der Waals surface area contributed by atoms with Crippen molar-refractivity contribution in [2.75, 3.05) is 0 Å². The van der Waals surface area contributed by atoms with E-state index >= 15 is 0 Å². The van der Waals surface area contributed by atoms with Crippen molar-refractivity contribution in [3.8, 4) is 22.6 Å². The summed E-state index contributed by atoms with van der Waals surface area (Å²) in [6.07, 6.45) is 3.66. The summed E-state index contributed by atoms with van der Waals surface area (Å²) in [6, 6.07) is 23.3. The maximum absolute atomic E-state index is 6.45. The molecule has 3 aromatic carbocycles. The first-order chi connectivity index (χ1) is 15.9. The van der Waals surface area contributed by atoms with E-state index in [1.54, 1.807) is 6.26 Å². The molecule has 0 unspecified atom stereocenters. The second-order valence-electron chi connectivity index (χ2n) is 9.81. The van der Waals surface area contributed by atoms with E-state index in [2.05, 4.69) is 76.2 Å². The normalized spacial score (nSPS) is 12.2. The van der Waals surface area contributed by atoms with E-state index in [1.807, 2.05) is 24.4 Å². The molecule has 0 aliphatic carbocycles. The van der Waals surface area contributed by atoms with Crippen LogP contribution in [-0.4, -0.2) is 4.98 Å². The van der Waals surface area contributed by atoms with E-state index in [-0.39, 0.29) is 5.41 Å². The summed E-state index contributed by atoms with van der Waals surface area (Å²) < 4.78 is 12.1. The van der Waals surface area contributed by atoms with Crippen molar-refractivity contribution in [3.63, 3.8) is 0 Å². The van der Waals surface area contributed by atoms with Crippen molar-refractivity contribution in [2.24, 2.45) is 0 Å². The summed E-state index contributed by atoms with van der Waals surface area (Å²) in [5.74, 6) is 0.832. The van der Waals surface area contributed by atoms with Crippen LogP contribution in [0.2, 0.25) is 0 Å². The van der Waals surface area contributed by atoms with Crippen LogP contribution in [0.5, 0.6) is 0 Å². The molecule has 3 heterocycles. The molecule has 0 aliphatic heterocycles. The lowest BCUT2D eigenvalue weighted by Crippen LogP contribution is -2.12. The van der Waals surface area contributed by atoms with E-state index in [1.165, 1.54) is 16.3 Å². The van der Waals surface area contributed by atoms with Gasteiger partial charge in [-0.05, 0) is 76.7 Å². The molecule has 3 aromatic heterocycles. The van der Waals surface area contributed by atoms with Gasteiger partial charge >= 0.3 is 0 Å². The number of hydrogen-bond donors (Lipinski definition) is 0. The van der Waals surface area contributed by atoms with Crippen molar-refractivity contribution < 1.29 is 8.83 Å². The van der Waals surface area contributed by atoms with Gasteiger partial charge in [-0.15, -0.1) is 0 Å². The van der Waals surface area contributed by atoms with Crippen LogP contribution in [0.1, 0.15) is 31.9 Å². The second-order valence-corrected chi connectivity index (χ2v) is 9.81. The van der Waals surface area contributed by atoms with Crippen LogP contribution < -0.4 is 0 Å². The summed E-state index contributed by atoms with van der Waals surface area (Å²) in [5.41, 5.74) is 7.12. The number of rotatable bonds is 2. The summed E-state index contributed by atoms with van der Waals surface area (Å²) in [7, 11) is 0. The third kappa shape index (κ3) is 3.23. The van der Waals surface area contributed by atoms with Crippen LogP contribution in [0, 0.1) is 6.92 Å². The number of hydrogen-bond acceptors (Lipinski definition) is 3. The van der Waals surface area contributed by atoms with Gasteiger partial charge in [0.15, 0.2) is 5.58 Å². The summed E-state index contributed by atoms with van der Waals surface area (Å²) in [6.45, 7) is 8.82. The van der Waals surface area contributed by atoms with Gasteiger partial charge in [0.2, 0.25) is 0 Å². The van der Waals surface area contributed by atoms with Crippen LogP contribution in [-0.2, 0) is 5.41 Å². The first kappa shape index (κ1) is 19.8. The highest BCUT2D eigenvalue weighted by Crippen LogP contribution is 2.38. The molecule has 3 nitrogen and oxygen atoms in total. The highest BCUT2D eigenvalue weighted by Gasteiger charge is 2.20. The highest BCUT2D eigenvalue weighted by atomic mass is 16.3. The van der Waals surface area contributed by atoms with Crippen molar-refractivity contribution in [2.45, 2.75) is 33.1 Å². The van der Waals surface area contributed by atoms with Crippen molar-refractivity contribution >= 4 is 32.7 Å². The quantitative estimate of drug-likeness (QED) is 0.275. The van der Waals surface area contributed by atoms with Crippen molar-refractivity contribution in [1.82, 2.24) is 4.98 Å². The Kier molecular flexibility index (Phi) is 4.25. The van der Waals surface area contributed by atoms with Crippen molar-refractivity contribution in [1.29, 1.82) is 0 Å². The molecule has 0 bridgehead atoms. The lowest BCUT2D eigenvalue weighted by atomic mass is 9.82. The Bertz CT molecular complexity index is 1660. The monoisotopic (exact) mass is 431 g/mol. The van der Waals surface area contributed by atoms with Gasteiger partial charge in [0.25, 0.3) is 0 Å². The van der Waals surface area contributed by atoms with Gasteiger partial charge in [0, 0.05) is 28.1 Å². The van der Waals surface area contributed by atoms with Crippen LogP contribution >= 0.6 is 0 Å². The van der Waals surface area contributed by atoms with E-state index in [9.17, 15) is 0 Å². The van der Waals surface area contributed by atoms with Gasteiger partial charge in [-0.3, -0.25) is 4.98 Å². The molecule has 0 radical (unpaired) electrons. The summed E-state index contributed by atoms with van der Waals surface area (Å²) in [4.78, 5) is 4.76. The molecular weight excluding hydrogens is 406 g/mol. The first-order valence-electron chi connectivity index (χ1n) is 11.3. The molecule has 0 fully saturated rings. The Morgan fingerprint density at radius 2 is 1.64 bits per heavy atom. The number of aromatic nitrogens is 1. The number of furan rings is 2. The number of nitrogens with zero attached hydrogens (tertiary/aromatic N) is 1. The summed E-state index contributed by atoms with van der Waals surface area (Å²) in [5, 5.41) is 4.65. The second kappa shape index (κ2) is 7.08. The van der Waals surface area contributed by atoms with Gasteiger partial charge in [0.05, 0.1) is 6.26 Å². The Labute approximate surface area is 192 Å². The first-order valence-corrected chi connectivity index (χ1v) is 11.3. The zero-order valence-electron chi connectivity index (χ0n) is 19.3. The van der Waals surface area contributed by atoms with Crippen molar-refractivity contribution in [3.05, 3.63) is 90.3 Å². The molecule has 0 N–H and O–H groups in total. The topological polar surface area (TPSA) is 39.2 Å². The Hall–Kier alpha value is -3.85. The lowest BCUT2D eigenvalue weighted by Gasteiger charge is -2.22. The maximum Gasteiger partial charge on any atom is 0.161 e. The SMILES string of the molecule is Cc1coc2ccc(-c3cc4ccnc(-c5cc(C(C)(C)C)c6ccccc6c5)c4o3)cc12. The van der Waals surface area contributed by atoms with Gasteiger partial charge in [-0.1, -0.05) is 45.0 Å². The third-order valence-electron chi connectivity index (χ3n) is 6.43. The predicted molar refractivity (Wildman–Crippen MR) is 136 cm³/mol. The van der Waals surface area contributed by atoms with Crippen LogP contribution in [0.3, 0.4) is 0 Å². The zero-order valence-corrected chi connectivity index (χ0v) is 19.3. The average molecular weight is 432 g/mol. The third-order valence-corrected chi connectivity index (χ3v) is 6.43. The summed E-state index contributed by atoms with van der Waals surface area (Å²) >= 11 is 0. The molecule has 0 saturated heterocycles. The lowest BCUT2D eigenvalue weighted by molar-refractivity contribution is 0.596. The Morgan fingerprint density at radius 1 is 0.788 bits per heavy atom. The molecule has 6 rings (SSSR count). The number of fused-ring (bicyclic) bond motifs is 3. The maximum atomic E-state index is 6.45. The van der Waals surface area contributed by atoms with Gasteiger partial charge in [-0.25, -0.2) is 0 Å². The molecule has 0 saturated carbocycles. The molecule has 0 atom stereocenters. The number of aryl methyl sites for hydroxylation is 1. The van der Waals surface area contributed by atoms with E-state index in [0.717, 1.165) is 50.1 Å². The minimum Gasteiger partial charge on any atom is -0.464 e. The van der Waals surface area contributed by atoms with E-state index in [0.29, 0.717) is 0 Å². The molecule has 0 spiro atoms. The smallest absolute Gasteiger partial charge is 0.161 e. The zero-order chi connectivity index (χ0) is 22.7. The predicted octanol–water partition coefficient (Wildman–Crippen LogP) is 8.67. The fourth-order valence-corrected chi connectivity index (χ4v) is 4.69. The van der Waals surface area contributed by atoms with E-state index < -0.39 is 0 Å².